The molecule has 0 spiro atoms. The molecule has 29 heavy (non-hydrogen) atoms. The van der Waals surface area contributed by atoms with Gasteiger partial charge < -0.3 is 20.5 Å². The molecule has 0 radical (unpaired) electrons. The minimum atomic E-state index is -0.518. The summed E-state index contributed by atoms with van der Waals surface area (Å²) in [5.74, 6) is 1.88. The predicted octanol–water partition coefficient (Wildman–Crippen LogP) is 2.74. The zero-order valence-electron chi connectivity index (χ0n) is 16.3. The van der Waals surface area contributed by atoms with E-state index in [4.69, 9.17) is 15.2 Å². The monoisotopic (exact) mass is 391 g/mol. The van der Waals surface area contributed by atoms with Gasteiger partial charge in [-0.15, -0.1) is 5.10 Å². The van der Waals surface area contributed by atoms with Gasteiger partial charge in [0.2, 0.25) is 11.9 Å². The molecule has 2 aromatic carbocycles. The molecule has 148 valence electrons. The number of hydrogen-bond acceptors (Lipinski definition) is 6. The number of ether oxygens (including phenoxy) is 2. The molecule has 1 aliphatic heterocycles. The molecule has 1 atom stereocenters. The molecule has 8 nitrogen and oxygen atoms in total. The lowest BCUT2D eigenvalue weighted by Gasteiger charge is -2.27. The molecule has 1 aromatic heterocycles. The first-order valence-corrected chi connectivity index (χ1v) is 9.05. The number of rotatable bonds is 5. The third-order valence-corrected chi connectivity index (χ3v) is 4.90. The number of anilines is 1. The Kier molecular flexibility index (Phi) is 4.67. The Balaban J connectivity index is 1.87. The Morgan fingerprint density at radius 1 is 1.10 bits per heavy atom. The number of carbonyl (C=O) groups excluding carboxylic acids is 1. The number of nitrogens with two attached hydrogens (primary N) is 1. The molecule has 0 saturated heterocycles. The van der Waals surface area contributed by atoms with Crippen LogP contribution in [0.3, 0.4) is 0 Å². The van der Waals surface area contributed by atoms with E-state index in [9.17, 15) is 4.79 Å². The van der Waals surface area contributed by atoms with Gasteiger partial charge in [0.15, 0.2) is 5.82 Å². The molecule has 8 heteroatoms. The number of amides is 1. The van der Waals surface area contributed by atoms with E-state index >= 15 is 0 Å². The van der Waals surface area contributed by atoms with Crippen molar-refractivity contribution in [2.75, 3.05) is 19.5 Å². The first-order chi connectivity index (χ1) is 14.0. The highest BCUT2D eigenvalue weighted by Gasteiger charge is 2.33. The molecule has 3 N–H and O–H groups in total. The van der Waals surface area contributed by atoms with Gasteiger partial charge in [-0.05, 0) is 36.8 Å². The maximum absolute atomic E-state index is 12.3. The summed E-state index contributed by atoms with van der Waals surface area (Å²) in [6.07, 6.45) is 0. The fraction of sp³-hybridized carbons (Fsp3) is 0.190. The van der Waals surface area contributed by atoms with E-state index in [0.29, 0.717) is 28.8 Å². The molecule has 0 fully saturated rings. The third-order valence-electron chi connectivity index (χ3n) is 4.90. The van der Waals surface area contributed by atoms with Gasteiger partial charge >= 0.3 is 0 Å². The van der Waals surface area contributed by atoms with E-state index in [1.807, 2.05) is 48.5 Å². The van der Waals surface area contributed by atoms with Crippen molar-refractivity contribution < 1.29 is 14.3 Å². The average molecular weight is 391 g/mol. The standard InChI is InChI=1S/C21H21N5O3/c1-12-17(19(22)27)18(13-8-10-14(28-2)11-9-13)26-21(23-12)24-20(25-26)15-6-4-5-7-16(15)29-3/h4-11,18H,1-3H3,(H2,22,27)(H,23,24,25). The van der Waals surface area contributed by atoms with Crippen LogP contribution in [0.5, 0.6) is 11.5 Å². The molecule has 2 heterocycles. The number of nitrogens with zero attached hydrogens (tertiary/aromatic N) is 3. The van der Waals surface area contributed by atoms with Gasteiger partial charge in [-0.25, -0.2) is 4.68 Å². The van der Waals surface area contributed by atoms with E-state index < -0.39 is 11.9 Å². The van der Waals surface area contributed by atoms with Crippen molar-refractivity contribution in [1.29, 1.82) is 0 Å². The maximum Gasteiger partial charge on any atom is 0.248 e. The van der Waals surface area contributed by atoms with Crippen molar-refractivity contribution in [2.24, 2.45) is 5.73 Å². The Labute approximate surface area is 168 Å². The van der Waals surface area contributed by atoms with Gasteiger partial charge in [0.1, 0.15) is 17.5 Å². The SMILES string of the molecule is COc1ccc(C2C(C(N)=O)=C(C)Nc3nc(-c4ccccc4OC)nn32)cc1. The smallest absolute Gasteiger partial charge is 0.248 e. The van der Waals surface area contributed by atoms with E-state index in [2.05, 4.69) is 15.4 Å². The van der Waals surface area contributed by atoms with Gasteiger partial charge in [0, 0.05) is 5.70 Å². The minimum Gasteiger partial charge on any atom is -0.497 e. The van der Waals surface area contributed by atoms with Gasteiger partial charge in [0.25, 0.3) is 0 Å². The lowest BCUT2D eigenvalue weighted by molar-refractivity contribution is -0.115. The molecule has 0 saturated carbocycles. The van der Waals surface area contributed by atoms with Crippen LogP contribution in [0.15, 0.2) is 59.8 Å². The van der Waals surface area contributed by atoms with E-state index in [1.165, 1.54) is 0 Å². The summed E-state index contributed by atoms with van der Waals surface area (Å²) in [7, 11) is 3.21. The van der Waals surface area contributed by atoms with Crippen molar-refractivity contribution in [3.8, 4) is 22.9 Å². The summed E-state index contributed by atoms with van der Waals surface area (Å²) >= 11 is 0. The van der Waals surface area contributed by atoms with Crippen molar-refractivity contribution in [1.82, 2.24) is 14.8 Å². The van der Waals surface area contributed by atoms with Crippen molar-refractivity contribution in [3.05, 3.63) is 65.4 Å². The summed E-state index contributed by atoms with van der Waals surface area (Å²) < 4.78 is 12.4. The normalized spacial score (nSPS) is 15.5. The number of allylic oxidation sites excluding steroid dienone is 1. The molecule has 4 rings (SSSR count). The molecule has 0 bridgehead atoms. The summed E-state index contributed by atoms with van der Waals surface area (Å²) in [6, 6.07) is 14.5. The molecule has 1 amide bonds. The number of benzene rings is 2. The second-order valence-corrected chi connectivity index (χ2v) is 6.61. The second kappa shape index (κ2) is 7.31. The molecule has 0 aliphatic carbocycles. The van der Waals surface area contributed by atoms with Crippen LogP contribution in [0.25, 0.3) is 11.4 Å². The molecule has 1 aliphatic rings. The van der Waals surface area contributed by atoms with Gasteiger partial charge in [-0.2, -0.15) is 4.98 Å². The number of primary amides is 1. The minimum absolute atomic E-state index is 0.430. The zero-order chi connectivity index (χ0) is 20.5. The number of para-hydroxylation sites is 1. The summed E-state index contributed by atoms with van der Waals surface area (Å²) in [6.45, 7) is 1.80. The van der Waals surface area contributed by atoms with E-state index in [1.54, 1.807) is 25.8 Å². The van der Waals surface area contributed by atoms with Crippen LogP contribution in [0.1, 0.15) is 18.5 Å². The van der Waals surface area contributed by atoms with Crippen LogP contribution in [-0.2, 0) is 4.79 Å². The van der Waals surface area contributed by atoms with Crippen LogP contribution in [0.2, 0.25) is 0 Å². The number of hydrogen-bond donors (Lipinski definition) is 2. The number of aromatic nitrogens is 3. The number of nitrogens with one attached hydrogen (secondary N) is 1. The highest BCUT2D eigenvalue weighted by atomic mass is 16.5. The van der Waals surface area contributed by atoms with Crippen LogP contribution < -0.4 is 20.5 Å². The lowest BCUT2D eigenvalue weighted by Crippen LogP contribution is -2.31. The first-order valence-electron chi connectivity index (χ1n) is 9.05. The topological polar surface area (TPSA) is 104 Å². The van der Waals surface area contributed by atoms with Crippen molar-refractivity contribution >= 4 is 11.9 Å². The summed E-state index contributed by atoms with van der Waals surface area (Å²) in [4.78, 5) is 16.9. The van der Waals surface area contributed by atoms with Crippen molar-refractivity contribution in [2.45, 2.75) is 13.0 Å². The Morgan fingerprint density at radius 2 is 1.83 bits per heavy atom. The van der Waals surface area contributed by atoms with Crippen LogP contribution in [-0.4, -0.2) is 34.9 Å². The van der Waals surface area contributed by atoms with Crippen LogP contribution in [0.4, 0.5) is 5.95 Å². The Bertz CT molecular complexity index is 1100. The van der Waals surface area contributed by atoms with Gasteiger partial charge in [-0.1, -0.05) is 24.3 Å². The summed E-state index contributed by atoms with van der Waals surface area (Å²) in [5, 5.41) is 7.83. The predicted molar refractivity (Wildman–Crippen MR) is 109 cm³/mol. The fourth-order valence-electron chi connectivity index (χ4n) is 3.51. The highest BCUT2D eigenvalue weighted by molar-refractivity contribution is 5.95. The maximum atomic E-state index is 12.3. The zero-order valence-corrected chi connectivity index (χ0v) is 16.3. The first kappa shape index (κ1) is 18.5. The van der Waals surface area contributed by atoms with Crippen molar-refractivity contribution in [3.63, 3.8) is 0 Å². The van der Waals surface area contributed by atoms with Crippen LogP contribution in [0, 0.1) is 0 Å². The Hall–Kier alpha value is -3.81. The largest absolute Gasteiger partial charge is 0.497 e. The lowest BCUT2D eigenvalue weighted by atomic mass is 9.95. The second-order valence-electron chi connectivity index (χ2n) is 6.61. The average Bonchev–Trinajstić information content (AvgIpc) is 3.16. The van der Waals surface area contributed by atoms with E-state index in [0.717, 1.165) is 16.9 Å². The molecule has 1 unspecified atom stereocenters. The molecular formula is C21H21N5O3. The van der Waals surface area contributed by atoms with Crippen LogP contribution >= 0.6 is 0 Å². The van der Waals surface area contributed by atoms with Gasteiger partial charge in [-0.3, -0.25) is 4.79 Å². The number of methoxy groups -OCH3 is 2. The fourth-order valence-corrected chi connectivity index (χ4v) is 3.51. The van der Waals surface area contributed by atoms with E-state index in [-0.39, 0.29) is 0 Å². The number of fused-ring (bicyclic) bond motifs is 1. The Morgan fingerprint density at radius 3 is 2.48 bits per heavy atom. The highest BCUT2D eigenvalue weighted by Crippen LogP contribution is 2.37. The van der Waals surface area contributed by atoms with Gasteiger partial charge in [0.05, 0.1) is 25.4 Å². The molecule has 3 aromatic rings. The molecular weight excluding hydrogens is 370 g/mol. The third kappa shape index (κ3) is 3.18. The number of carbonyl (C=O) groups is 1. The summed E-state index contributed by atoms with van der Waals surface area (Å²) in [5.41, 5.74) is 8.39. The quantitative estimate of drug-likeness (QED) is 0.693.